The lowest BCUT2D eigenvalue weighted by Gasteiger charge is -2.13. The van der Waals surface area contributed by atoms with Crippen LogP contribution in [0.3, 0.4) is 0 Å². The van der Waals surface area contributed by atoms with E-state index in [1.807, 2.05) is 0 Å². The summed E-state index contributed by atoms with van der Waals surface area (Å²) < 4.78 is 0.602. The predicted octanol–water partition coefficient (Wildman–Crippen LogP) is 5.38. The molecular weight excluding hydrogens is 345 g/mol. The number of unbranched alkanes of at least 4 members (excludes halogenated alkanes) is 2. The minimum Gasteiger partial charge on any atom is -0.293 e. The van der Waals surface area contributed by atoms with Crippen LogP contribution in [-0.4, -0.2) is 21.7 Å². The van der Waals surface area contributed by atoms with Crippen molar-refractivity contribution in [2.24, 2.45) is 0 Å². The van der Waals surface area contributed by atoms with Gasteiger partial charge in [-0.05, 0) is 24.6 Å². The highest BCUT2D eigenvalue weighted by atomic mass is 35.5. The number of carbonyl (C=O) groups excluding carboxylic acids is 1. The summed E-state index contributed by atoms with van der Waals surface area (Å²) in [5.41, 5.74) is 0.662. The van der Waals surface area contributed by atoms with Crippen LogP contribution < -0.4 is 0 Å². The van der Waals surface area contributed by atoms with E-state index in [0.717, 1.165) is 19.3 Å². The number of amides is 1. The van der Waals surface area contributed by atoms with Gasteiger partial charge in [-0.25, -0.2) is 0 Å². The number of nitrogens with zero attached hydrogens (tertiary/aromatic N) is 1. The van der Waals surface area contributed by atoms with Gasteiger partial charge in [0.1, 0.15) is 4.32 Å². The van der Waals surface area contributed by atoms with Crippen LogP contribution in [0, 0.1) is 0 Å². The van der Waals surface area contributed by atoms with Gasteiger partial charge in [0.05, 0.1) is 4.91 Å². The molecule has 1 aliphatic rings. The molecule has 2 rings (SSSR count). The standard InChI is InChI=1S/C15H15Cl2NOS2/c1-2-3-4-8-18-14(19)13(21-15(18)20)9-10-11(16)6-5-7-12(10)17/h5-7,9H,2-4,8H2,1H3. The number of thiocarbonyl (C=S) groups is 1. The van der Waals surface area contributed by atoms with Crippen molar-refractivity contribution < 1.29 is 4.79 Å². The van der Waals surface area contributed by atoms with Crippen LogP contribution in [-0.2, 0) is 4.79 Å². The van der Waals surface area contributed by atoms with E-state index in [4.69, 9.17) is 35.4 Å². The molecule has 0 aromatic heterocycles. The smallest absolute Gasteiger partial charge is 0.266 e. The summed E-state index contributed by atoms with van der Waals surface area (Å²) in [6.45, 7) is 2.80. The molecule has 1 amide bonds. The molecule has 0 aliphatic carbocycles. The van der Waals surface area contributed by atoms with Gasteiger partial charge in [0, 0.05) is 22.2 Å². The average molecular weight is 360 g/mol. The first kappa shape index (κ1) is 16.8. The van der Waals surface area contributed by atoms with Crippen molar-refractivity contribution in [2.45, 2.75) is 26.2 Å². The summed E-state index contributed by atoms with van der Waals surface area (Å²) >= 11 is 18.9. The summed E-state index contributed by atoms with van der Waals surface area (Å²) in [4.78, 5) is 14.6. The first-order chi connectivity index (χ1) is 10.0. The molecule has 1 aromatic rings. The third kappa shape index (κ3) is 4.01. The van der Waals surface area contributed by atoms with Crippen LogP contribution in [0.15, 0.2) is 23.1 Å². The summed E-state index contributed by atoms with van der Waals surface area (Å²) in [5.74, 6) is -0.0583. The van der Waals surface area contributed by atoms with Crippen LogP contribution in [0.1, 0.15) is 31.7 Å². The Balaban J connectivity index is 2.20. The maximum absolute atomic E-state index is 12.4. The lowest BCUT2D eigenvalue weighted by atomic mass is 10.2. The lowest BCUT2D eigenvalue weighted by molar-refractivity contribution is -0.122. The van der Waals surface area contributed by atoms with Crippen molar-refractivity contribution in [3.05, 3.63) is 38.7 Å². The second-order valence-electron chi connectivity index (χ2n) is 4.68. The van der Waals surface area contributed by atoms with Crippen molar-refractivity contribution in [1.29, 1.82) is 0 Å². The Morgan fingerprint density at radius 1 is 1.29 bits per heavy atom. The molecule has 0 saturated carbocycles. The van der Waals surface area contributed by atoms with E-state index in [1.54, 1.807) is 29.2 Å². The molecule has 0 atom stereocenters. The molecule has 0 unspecified atom stereocenters. The molecule has 0 radical (unpaired) electrons. The van der Waals surface area contributed by atoms with E-state index in [1.165, 1.54) is 11.8 Å². The molecule has 112 valence electrons. The fourth-order valence-electron chi connectivity index (χ4n) is 1.99. The van der Waals surface area contributed by atoms with E-state index in [2.05, 4.69) is 6.92 Å². The van der Waals surface area contributed by atoms with E-state index >= 15 is 0 Å². The van der Waals surface area contributed by atoms with Gasteiger partial charge in [-0.3, -0.25) is 9.69 Å². The lowest BCUT2D eigenvalue weighted by Crippen LogP contribution is -2.28. The average Bonchev–Trinajstić information content (AvgIpc) is 2.70. The Bertz CT molecular complexity index is 581. The van der Waals surface area contributed by atoms with Gasteiger partial charge in [-0.2, -0.15) is 0 Å². The molecule has 1 aliphatic heterocycles. The third-order valence-corrected chi connectivity index (χ3v) is 5.17. The van der Waals surface area contributed by atoms with Gasteiger partial charge in [0.25, 0.3) is 5.91 Å². The largest absolute Gasteiger partial charge is 0.293 e. The second-order valence-corrected chi connectivity index (χ2v) is 7.17. The highest BCUT2D eigenvalue weighted by Gasteiger charge is 2.31. The molecule has 1 heterocycles. The summed E-state index contributed by atoms with van der Waals surface area (Å²) in [7, 11) is 0. The quantitative estimate of drug-likeness (QED) is 0.399. The van der Waals surface area contributed by atoms with Crippen molar-refractivity contribution >= 4 is 63.5 Å². The van der Waals surface area contributed by atoms with E-state index < -0.39 is 0 Å². The SMILES string of the molecule is CCCCCN1C(=O)C(=Cc2c(Cl)cccc2Cl)SC1=S. The van der Waals surface area contributed by atoms with Crippen LogP contribution in [0.25, 0.3) is 6.08 Å². The monoisotopic (exact) mass is 359 g/mol. The van der Waals surface area contributed by atoms with Crippen molar-refractivity contribution in [2.75, 3.05) is 6.54 Å². The predicted molar refractivity (Wildman–Crippen MR) is 95.9 cm³/mol. The number of carbonyl (C=O) groups is 1. The third-order valence-electron chi connectivity index (χ3n) is 3.13. The topological polar surface area (TPSA) is 20.3 Å². The van der Waals surface area contributed by atoms with Crippen molar-refractivity contribution in [3.8, 4) is 0 Å². The Labute approximate surface area is 144 Å². The summed E-state index contributed by atoms with van der Waals surface area (Å²) in [6, 6.07) is 5.28. The second kappa shape index (κ2) is 7.63. The molecule has 6 heteroatoms. The minimum absolute atomic E-state index is 0.0583. The van der Waals surface area contributed by atoms with Crippen molar-refractivity contribution in [3.63, 3.8) is 0 Å². The van der Waals surface area contributed by atoms with Gasteiger partial charge >= 0.3 is 0 Å². The Hall–Kier alpha value is -0.550. The minimum atomic E-state index is -0.0583. The molecule has 21 heavy (non-hydrogen) atoms. The van der Waals surface area contributed by atoms with Gasteiger partial charge in [0.2, 0.25) is 0 Å². The first-order valence-corrected chi connectivity index (χ1v) is 8.72. The number of halogens is 2. The highest BCUT2D eigenvalue weighted by molar-refractivity contribution is 8.26. The molecule has 1 fully saturated rings. The van der Waals surface area contributed by atoms with Gasteiger partial charge in [-0.15, -0.1) is 0 Å². The zero-order chi connectivity index (χ0) is 15.4. The maximum Gasteiger partial charge on any atom is 0.266 e. The van der Waals surface area contributed by atoms with E-state index in [9.17, 15) is 4.79 Å². The molecule has 0 spiro atoms. The van der Waals surface area contributed by atoms with Crippen LogP contribution >= 0.6 is 47.2 Å². The van der Waals surface area contributed by atoms with Crippen LogP contribution in [0.4, 0.5) is 0 Å². The van der Waals surface area contributed by atoms with Gasteiger partial charge < -0.3 is 0 Å². The molecule has 0 bridgehead atoms. The van der Waals surface area contributed by atoms with Crippen LogP contribution in [0.2, 0.25) is 10.0 Å². The Morgan fingerprint density at radius 3 is 2.57 bits per heavy atom. The van der Waals surface area contributed by atoms with Crippen LogP contribution in [0.5, 0.6) is 0 Å². The zero-order valence-corrected chi connectivity index (χ0v) is 14.7. The molecule has 0 N–H and O–H groups in total. The van der Waals surface area contributed by atoms with E-state index in [-0.39, 0.29) is 5.91 Å². The fraction of sp³-hybridized carbons (Fsp3) is 0.333. The fourth-order valence-corrected chi connectivity index (χ4v) is 3.79. The van der Waals surface area contributed by atoms with Gasteiger partial charge in [-0.1, -0.05) is 73.0 Å². The molecule has 1 saturated heterocycles. The zero-order valence-electron chi connectivity index (χ0n) is 11.6. The molecule has 1 aromatic carbocycles. The summed E-state index contributed by atoms with van der Waals surface area (Å²) in [5, 5.41) is 1.05. The Kier molecular flexibility index (Phi) is 6.11. The maximum atomic E-state index is 12.4. The normalized spacial score (nSPS) is 17.1. The number of hydrogen-bond acceptors (Lipinski definition) is 3. The van der Waals surface area contributed by atoms with Crippen molar-refractivity contribution in [1.82, 2.24) is 4.90 Å². The highest BCUT2D eigenvalue weighted by Crippen LogP contribution is 2.35. The number of thioether (sulfide) groups is 1. The summed E-state index contributed by atoms with van der Waals surface area (Å²) in [6.07, 6.45) is 4.89. The number of rotatable bonds is 5. The molecule has 2 nitrogen and oxygen atoms in total. The molecular formula is C15H15Cl2NOS2. The van der Waals surface area contributed by atoms with E-state index in [0.29, 0.717) is 31.4 Å². The Morgan fingerprint density at radius 2 is 1.95 bits per heavy atom. The first-order valence-electron chi connectivity index (χ1n) is 6.74. The van der Waals surface area contributed by atoms with Gasteiger partial charge in [0.15, 0.2) is 0 Å². The number of hydrogen-bond donors (Lipinski definition) is 0. The number of benzene rings is 1.